The number of rotatable bonds is 16. The van der Waals surface area contributed by atoms with E-state index in [2.05, 4.69) is 36.2 Å². The van der Waals surface area contributed by atoms with Crippen molar-refractivity contribution in [3.63, 3.8) is 0 Å². The molecular formula is C28H47N3O2. The molecule has 1 saturated heterocycles. The normalized spacial score (nSPS) is 13.9. The highest BCUT2D eigenvalue weighted by Gasteiger charge is 2.20. The molecule has 0 unspecified atom stereocenters. The Morgan fingerprint density at radius 2 is 1.21 bits per heavy atom. The molecule has 1 aromatic carbocycles. The lowest BCUT2D eigenvalue weighted by molar-refractivity contribution is -0.131. The number of anilines is 2. The zero-order valence-electron chi connectivity index (χ0n) is 21.2. The maximum atomic E-state index is 12.3. The summed E-state index contributed by atoms with van der Waals surface area (Å²) in [5.41, 5.74) is 2.02. The third kappa shape index (κ3) is 11.1. The van der Waals surface area contributed by atoms with Crippen molar-refractivity contribution in [1.29, 1.82) is 0 Å². The number of carbonyl (C=O) groups excluding carboxylic acids is 2. The van der Waals surface area contributed by atoms with E-state index in [4.69, 9.17) is 0 Å². The van der Waals surface area contributed by atoms with Gasteiger partial charge in [-0.15, -0.1) is 0 Å². The highest BCUT2D eigenvalue weighted by atomic mass is 16.2. The smallest absolute Gasteiger partial charge is 0.224 e. The zero-order chi connectivity index (χ0) is 23.7. The maximum Gasteiger partial charge on any atom is 0.224 e. The van der Waals surface area contributed by atoms with Gasteiger partial charge >= 0.3 is 0 Å². The van der Waals surface area contributed by atoms with Crippen LogP contribution in [-0.4, -0.2) is 42.9 Å². The quantitative estimate of drug-likeness (QED) is 0.279. The summed E-state index contributed by atoms with van der Waals surface area (Å²) in [6.45, 7) is 7.73. The molecule has 0 aromatic heterocycles. The zero-order valence-corrected chi connectivity index (χ0v) is 21.2. The largest absolute Gasteiger partial charge is 0.368 e. The molecule has 2 amide bonds. The first-order chi connectivity index (χ1) is 16.1. The fraction of sp³-hybridized carbons (Fsp3) is 0.714. The first-order valence-corrected chi connectivity index (χ1v) is 13.6. The molecule has 5 nitrogen and oxygen atoms in total. The minimum Gasteiger partial charge on any atom is -0.368 e. The molecule has 186 valence electrons. The van der Waals surface area contributed by atoms with Crippen molar-refractivity contribution in [1.82, 2.24) is 4.90 Å². The van der Waals surface area contributed by atoms with Crippen LogP contribution in [0.15, 0.2) is 24.3 Å². The van der Waals surface area contributed by atoms with Crippen molar-refractivity contribution in [2.24, 2.45) is 0 Å². The predicted octanol–water partition coefficient (Wildman–Crippen LogP) is 6.77. The topological polar surface area (TPSA) is 52.7 Å². The molecule has 0 saturated carbocycles. The summed E-state index contributed by atoms with van der Waals surface area (Å²) in [6, 6.07) is 8.14. The number of benzene rings is 1. The van der Waals surface area contributed by atoms with Crippen LogP contribution >= 0.6 is 0 Å². The van der Waals surface area contributed by atoms with E-state index >= 15 is 0 Å². The van der Waals surface area contributed by atoms with Crippen molar-refractivity contribution >= 4 is 23.2 Å². The minimum absolute atomic E-state index is 0.112. The molecule has 33 heavy (non-hydrogen) atoms. The summed E-state index contributed by atoms with van der Waals surface area (Å²) in [4.78, 5) is 28.9. The first kappa shape index (κ1) is 27.2. The van der Waals surface area contributed by atoms with Gasteiger partial charge in [0.1, 0.15) is 0 Å². The molecule has 2 rings (SSSR count). The van der Waals surface area contributed by atoms with Gasteiger partial charge in [-0.1, -0.05) is 78.1 Å². The summed E-state index contributed by atoms with van der Waals surface area (Å²) in [7, 11) is 0. The average Bonchev–Trinajstić information content (AvgIpc) is 2.84. The van der Waals surface area contributed by atoms with Crippen LogP contribution in [0.3, 0.4) is 0 Å². The van der Waals surface area contributed by atoms with Crippen molar-refractivity contribution in [3.05, 3.63) is 24.3 Å². The second-order valence-electron chi connectivity index (χ2n) is 9.50. The van der Waals surface area contributed by atoms with Gasteiger partial charge in [-0.05, 0) is 37.1 Å². The Bertz CT molecular complexity index is 666. The summed E-state index contributed by atoms with van der Waals surface area (Å²) in [5, 5.41) is 3.03. The van der Waals surface area contributed by atoms with Crippen LogP contribution in [0.5, 0.6) is 0 Å². The van der Waals surface area contributed by atoms with Crippen LogP contribution in [0.25, 0.3) is 0 Å². The first-order valence-electron chi connectivity index (χ1n) is 13.6. The van der Waals surface area contributed by atoms with Gasteiger partial charge in [0.2, 0.25) is 11.8 Å². The molecule has 0 radical (unpaired) electrons. The van der Waals surface area contributed by atoms with Crippen LogP contribution in [0.1, 0.15) is 104 Å². The molecule has 0 spiro atoms. The highest BCUT2D eigenvalue weighted by molar-refractivity contribution is 5.90. The third-order valence-electron chi connectivity index (χ3n) is 6.65. The Morgan fingerprint density at radius 1 is 0.697 bits per heavy atom. The second-order valence-corrected chi connectivity index (χ2v) is 9.50. The molecule has 1 fully saturated rings. The Morgan fingerprint density at radius 3 is 1.82 bits per heavy atom. The van der Waals surface area contributed by atoms with Gasteiger partial charge in [-0.2, -0.15) is 0 Å². The number of amides is 2. The fourth-order valence-electron chi connectivity index (χ4n) is 4.47. The van der Waals surface area contributed by atoms with Gasteiger partial charge in [-0.25, -0.2) is 0 Å². The lowest BCUT2D eigenvalue weighted by atomic mass is 10.1. The van der Waals surface area contributed by atoms with Gasteiger partial charge in [0.05, 0.1) is 0 Å². The minimum atomic E-state index is 0.112. The van der Waals surface area contributed by atoms with Crippen LogP contribution in [0.4, 0.5) is 11.4 Å². The monoisotopic (exact) mass is 457 g/mol. The Labute approximate surface area is 202 Å². The lowest BCUT2D eigenvalue weighted by Gasteiger charge is -2.36. The van der Waals surface area contributed by atoms with Gasteiger partial charge < -0.3 is 15.1 Å². The van der Waals surface area contributed by atoms with Gasteiger partial charge in [0.25, 0.3) is 0 Å². The van der Waals surface area contributed by atoms with Gasteiger partial charge in [0, 0.05) is 50.4 Å². The average molecular weight is 458 g/mol. The molecule has 1 aliphatic heterocycles. The van der Waals surface area contributed by atoms with Crippen LogP contribution in [0.2, 0.25) is 0 Å². The summed E-state index contributed by atoms with van der Waals surface area (Å²) < 4.78 is 0. The van der Waals surface area contributed by atoms with E-state index in [0.29, 0.717) is 18.7 Å². The highest BCUT2D eigenvalue weighted by Crippen LogP contribution is 2.20. The van der Waals surface area contributed by atoms with Crippen molar-refractivity contribution in [2.75, 3.05) is 36.4 Å². The number of nitrogens with zero attached hydrogens (tertiary/aromatic N) is 2. The second kappa shape index (κ2) is 16.6. The van der Waals surface area contributed by atoms with Crippen molar-refractivity contribution in [3.8, 4) is 0 Å². The standard InChI is InChI=1S/C28H47N3O2/c1-3-5-7-8-9-10-11-12-14-15-27(32)29-25-17-19-26(20-18-25)30-21-23-31(24-22-30)28(33)16-13-6-4-2/h17-20H,3-16,21-24H2,1-2H3,(H,29,32). The third-order valence-corrected chi connectivity index (χ3v) is 6.65. The van der Waals surface area contributed by atoms with E-state index in [1.807, 2.05) is 17.0 Å². The van der Waals surface area contributed by atoms with Gasteiger partial charge in [0.15, 0.2) is 0 Å². The lowest BCUT2D eigenvalue weighted by Crippen LogP contribution is -2.48. The van der Waals surface area contributed by atoms with Gasteiger partial charge in [-0.3, -0.25) is 9.59 Å². The number of piperazine rings is 1. The number of unbranched alkanes of at least 4 members (excludes halogenated alkanes) is 10. The van der Waals surface area contributed by atoms with E-state index in [-0.39, 0.29) is 5.91 Å². The Kier molecular flexibility index (Phi) is 13.6. The molecule has 1 aromatic rings. The SMILES string of the molecule is CCCCCCCCCCCC(=O)Nc1ccc(N2CCN(C(=O)CCCCC)CC2)cc1. The number of hydrogen-bond acceptors (Lipinski definition) is 3. The molecule has 1 N–H and O–H groups in total. The molecular weight excluding hydrogens is 410 g/mol. The number of nitrogens with one attached hydrogen (secondary N) is 1. The van der Waals surface area contributed by atoms with E-state index in [0.717, 1.165) is 69.7 Å². The predicted molar refractivity (Wildman–Crippen MR) is 140 cm³/mol. The van der Waals surface area contributed by atoms with Crippen LogP contribution < -0.4 is 10.2 Å². The van der Waals surface area contributed by atoms with Crippen molar-refractivity contribution in [2.45, 2.75) is 104 Å². The van der Waals surface area contributed by atoms with E-state index in [1.54, 1.807) is 0 Å². The molecule has 0 atom stereocenters. The number of carbonyl (C=O) groups is 2. The number of hydrogen-bond donors (Lipinski definition) is 1. The molecule has 0 bridgehead atoms. The summed E-state index contributed by atoms with van der Waals surface area (Å²) in [5.74, 6) is 0.411. The Balaban J connectivity index is 1.60. The van der Waals surface area contributed by atoms with Crippen LogP contribution in [-0.2, 0) is 9.59 Å². The summed E-state index contributed by atoms with van der Waals surface area (Å²) in [6.07, 6.45) is 16.0. The molecule has 0 aliphatic carbocycles. The molecule has 1 heterocycles. The van der Waals surface area contributed by atoms with E-state index in [9.17, 15) is 9.59 Å². The molecule has 5 heteroatoms. The fourth-order valence-corrected chi connectivity index (χ4v) is 4.47. The van der Waals surface area contributed by atoms with Crippen molar-refractivity contribution < 1.29 is 9.59 Å². The Hall–Kier alpha value is -2.04. The van der Waals surface area contributed by atoms with Crippen LogP contribution in [0, 0.1) is 0 Å². The maximum absolute atomic E-state index is 12.3. The van der Waals surface area contributed by atoms with E-state index in [1.165, 1.54) is 44.9 Å². The molecule has 1 aliphatic rings. The summed E-state index contributed by atoms with van der Waals surface area (Å²) >= 11 is 0. The van der Waals surface area contributed by atoms with E-state index < -0.39 is 0 Å².